The van der Waals surface area contributed by atoms with Gasteiger partial charge in [-0.3, -0.25) is 19.3 Å². The lowest BCUT2D eigenvalue weighted by Gasteiger charge is -2.25. The van der Waals surface area contributed by atoms with Crippen molar-refractivity contribution in [3.8, 4) is 0 Å². The summed E-state index contributed by atoms with van der Waals surface area (Å²) in [4.78, 5) is 36.0. The maximum atomic E-state index is 11.9. The van der Waals surface area contributed by atoms with Gasteiger partial charge in [-0.15, -0.1) is 0 Å². The number of ketones is 1. The van der Waals surface area contributed by atoms with Gasteiger partial charge in [-0.05, 0) is 19.3 Å². The van der Waals surface area contributed by atoms with Crippen molar-refractivity contribution in [2.45, 2.75) is 44.9 Å². The van der Waals surface area contributed by atoms with Gasteiger partial charge in [0.1, 0.15) is 0 Å². The highest BCUT2D eigenvalue weighted by Crippen LogP contribution is 2.26. The minimum Gasteiger partial charge on any atom is -0.297 e. The lowest BCUT2D eigenvalue weighted by Crippen LogP contribution is -2.44. The van der Waals surface area contributed by atoms with Crippen LogP contribution in [0.3, 0.4) is 0 Å². The first-order valence-corrected chi connectivity index (χ1v) is 6.04. The van der Waals surface area contributed by atoms with Gasteiger partial charge in [0, 0.05) is 18.8 Å². The van der Waals surface area contributed by atoms with Crippen LogP contribution in [0.4, 0.5) is 0 Å². The molecular formula is C12H17NO3. The first-order valence-electron chi connectivity index (χ1n) is 6.04. The summed E-state index contributed by atoms with van der Waals surface area (Å²) in [6.45, 7) is 0.0162. The van der Waals surface area contributed by atoms with Gasteiger partial charge in [0.15, 0.2) is 5.78 Å². The van der Waals surface area contributed by atoms with E-state index >= 15 is 0 Å². The Morgan fingerprint density at radius 2 is 1.62 bits per heavy atom. The molecule has 0 atom stereocenters. The van der Waals surface area contributed by atoms with Gasteiger partial charge < -0.3 is 0 Å². The molecule has 0 spiro atoms. The number of piperidine rings is 1. The third kappa shape index (κ3) is 2.31. The van der Waals surface area contributed by atoms with E-state index in [0.717, 1.165) is 30.6 Å². The Balaban J connectivity index is 1.94. The predicted molar refractivity (Wildman–Crippen MR) is 57.5 cm³/mol. The Morgan fingerprint density at radius 3 is 2.19 bits per heavy atom. The molecule has 1 aliphatic carbocycles. The minimum atomic E-state index is -0.178. The topological polar surface area (TPSA) is 54.5 Å². The highest BCUT2D eigenvalue weighted by Gasteiger charge is 2.31. The quantitative estimate of drug-likeness (QED) is 0.677. The number of rotatable bonds is 3. The Labute approximate surface area is 95.0 Å². The van der Waals surface area contributed by atoms with Crippen molar-refractivity contribution >= 4 is 17.6 Å². The molecule has 88 valence electrons. The van der Waals surface area contributed by atoms with E-state index < -0.39 is 0 Å². The molecule has 4 nitrogen and oxygen atoms in total. The van der Waals surface area contributed by atoms with Gasteiger partial charge in [0.25, 0.3) is 0 Å². The fourth-order valence-electron chi connectivity index (χ4n) is 2.51. The molecule has 1 saturated heterocycles. The highest BCUT2D eigenvalue weighted by atomic mass is 16.2. The zero-order chi connectivity index (χ0) is 11.5. The maximum Gasteiger partial charge on any atom is 0.229 e. The molecule has 0 aromatic heterocycles. The normalized spacial score (nSPS) is 22.9. The number of amides is 2. The lowest BCUT2D eigenvalue weighted by molar-refractivity contribution is -0.150. The Bertz CT molecular complexity index is 302. The first kappa shape index (κ1) is 11.3. The Hall–Kier alpha value is -1.19. The molecule has 0 aromatic carbocycles. The van der Waals surface area contributed by atoms with Crippen LogP contribution in [-0.2, 0) is 14.4 Å². The lowest BCUT2D eigenvalue weighted by atomic mass is 10.0. The highest BCUT2D eigenvalue weighted by molar-refractivity contribution is 6.01. The van der Waals surface area contributed by atoms with Gasteiger partial charge in [0.05, 0.1) is 6.54 Å². The fraction of sp³-hybridized carbons (Fsp3) is 0.750. The molecule has 16 heavy (non-hydrogen) atoms. The molecule has 1 aliphatic heterocycles. The molecular weight excluding hydrogens is 206 g/mol. The largest absolute Gasteiger partial charge is 0.297 e. The van der Waals surface area contributed by atoms with E-state index in [1.807, 2.05) is 0 Å². The standard InChI is InChI=1S/C12H17NO3/c14-10(9-4-1-2-5-9)8-13-11(15)6-3-7-12(13)16/h9H,1-8H2. The SMILES string of the molecule is O=C(CN1C(=O)CCCC1=O)C1CCCC1. The van der Waals surface area contributed by atoms with Crippen LogP contribution in [0.1, 0.15) is 44.9 Å². The van der Waals surface area contributed by atoms with Crippen LogP contribution in [0, 0.1) is 5.92 Å². The van der Waals surface area contributed by atoms with Crippen LogP contribution >= 0.6 is 0 Å². The fourth-order valence-corrected chi connectivity index (χ4v) is 2.51. The van der Waals surface area contributed by atoms with E-state index in [4.69, 9.17) is 0 Å². The number of likely N-dealkylation sites (tertiary alicyclic amines) is 1. The van der Waals surface area contributed by atoms with Crippen molar-refractivity contribution in [2.75, 3.05) is 6.54 Å². The molecule has 4 heteroatoms. The van der Waals surface area contributed by atoms with Crippen LogP contribution in [-0.4, -0.2) is 29.0 Å². The third-order valence-corrected chi connectivity index (χ3v) is 3.51. The van der Waals surface area contributed by atoms with Gasteiger partial charge in [0.2, 0.25) is 11.8 Å². The van der Waals surface area contributed by atoms with Crippen LogP contribution in [0.15, 0.2) is 0 Å². The van der Waals surface area contributed by atoms with Crippen molar-refractivity contribution in [1.82, 2.24) is 4.90 Å². The van der Waals surface area contributed by atoms with Gasteiger partial charge in [-0.2, -0.15) is 0 Å². The van der Waals surface area contributed by atoms with Crippen LogP contribution in [0.2, 0.25) is 0 Å². The van der Waals surface area contributed by atoms with E-state index in [1.54, 1.807) is 0 Å². The van der Waals surface area contributed by atoms with Gasteiger partial charge >= 0.3 is 0 Å². The summed E-state index contributed by atoms with van der Waals surface area (Å²) >= 11 is 0. The van der Waals surface area contributed by atoms with E-state index in [0.29, 0.717) is 19.3 Å². The average Bonchev–Trinajstić information content (AvgIpc) is 2.76. The molecule has 1 saturated carbocycles. The molecule has 0 bridgehead atoms. The number of imide groups is 1. The number of carbonyl (C=O) groups excluding carboxylic acids is 3. The first-order chi connectivity index (χ1) is 7.68. The molecule has 2 fully saturated rings. The second-order valence-corrected chi connectivity index (χ2v) is 4.67. The van der Waals surface area contributed by atoms with Crippen molar-refractivity contribution in [3.05, 3.63) is 0 Å². The number of nitrogens with zero attached hydrogens (tertiary/aromatic N) is 1. The van der Waals surface area contributed by atoms with E-state index in [9.17, 15) is 14.4 Å². The zero-order valence-corrected chi connectivity index (χ0v) is 9.41. The van der Waals surface area contributed by atoms with Gasteiger partial charge in [-0.25, -0.2) is 0 Å². The zero-order valence-electron chi connectivity index (χ0n) is 9.41. The summed E-state index contributed by atoms with van der Waals surface area (Å²) in [6.07, 6.45) is 5.49. The molecule has 2 aliphatic rings. The van der Waals surface area contributed by atoms with Crippen molar-refractivity contribution in [1.29, 1.82) is 0 Å². The smallest absolute Gasteiger partial charge is 0.229 e. The molecule has 2 rings (SSSR count). The monoisotopic (exact) mass is 223 g/mol. The molecule has 0 aromatic rings. The maximum absolute atomic E-state index is 11.9. The van der Waals surface area contributed by atoms with E-state index in [2.05, 4.69) is 0 Å². The summed E-state index contributed by atoms with van der Waals surface area (Å²) < 4.78 is 0. The van der Waals surface area contributed by atoms with Crippen LogP contribution < -0.4 is 0 Å². The molecule has 0 N–H and O–H groups in total. The molecule has 0 unspecified atom stereocenters. The van der Waals surface area contributed by atoms with E-state index in [-0.39, 0.29) is 30.1 Å². The van der Waals surface area contributed by atoms with Crippen LogP contribution in [0.5, 0.6) is 0 Å². The summed E-state index contributed by atoms with van der Waals surface area (Å²) in [7, 11) is 0. The second-order valence-electron chi connectivity index (χ2n) is 4.67. The summed E-state index contributed by atoms with van der Waals surface area (Å²) in [5, 5.41) is 0. The molecule has 1 heterocycles. The van der Waals surface area contributed by atoms with Crippen molar-refractivity contribution < 1.29 is 14.4 Å². The van der Waals surface area contributed by atoms with Crippen molar-refractivity contribution in [2.24, 2.45) is 5.92 Å². The number of Topliss-reactive ketones (excluding diaryl/α,β-unsaturated/α-hetero) is 1. The number of hydrogen-bond donors (Lipinski definition) is 0. The Kier molecular flexibility index (Phi) is 3.36. The Morgan fingerprint density at radius 1 is 1.06 bits per heavy atom. The second kappa shape index (κ2) is 4.76. The number of carbonyl (C=O) groups is 3. The average molecular weight is 223 g/mol. The van der Waals surface area contributed by atoms with Gasteiger partial charge in [-0.1, -0.05) is 12.8 Å². The van der Waals surface area contributed by atoms with E-state index in [1.165, 1.54) is 0 Å². The van der Waals surface area contributed by atoms with Crippen LogP contribution in [0.25, 0.3) is 0 Å². The predicted octanol–water partition coefficient (Wildman–Crippen LogP) is 1.28. The summed E-state index contributed by atoms with van der Waals surface area (Å²) in [6, 6.07) is 0. The van der Waals surface area contributed by atoms with Crippen molar-refractivity contribution in [3.63, 3.8) is 0 Å². The summed E-state index contributed by atoms with van der Waals surface area (Å²) in [5.74, 6) is -0.200. The minimum absolute atomic E-state index is 0.0162. The molecule has 2 amide bonds. The number of hydrogen-bond acceptors (Lipinski definition) is 3. The third-order valence-electron chi connectivity index (χ3n) is 3.51. The molecule has 0 radical (unpaired) electrons. The summed E-state index contributed by atoms with van der Waals surface area (Å²) in [5.41, 5.74) is 0.